The minimum absolute atomic E-state index is 0. The largest absolute Gasteiger partial charge is 1.00 e. The number of phosphoric acid groups is 1. The summed E-state index contributed by atoms with van der Waals surface area (Å²) in [6, 6.07) is 0. The van der Waals surface area contributed by atoms with E-state index >= 15 is 0 Å². The Balaban J connectivity index is -0.0000000267. The molecule has 0 aromatic carbocycles. The fourth-order valence-electron chi connectivity index (χ4n) is 0.0680. The van der Waals surface area contributed by atoms with E-state index in [9.17, 15) is 0 Å². The van der Waals surface area contributed by atoms with Crippen LogP contribution in [0.1, 0.15) is 0 Å². The van der Waals surface area contributed by atoms with Crippen LogP contribution in [-0.2, 0) is 9.30 Å². The second kappa shape index (κ2) is 19.9. The molecule has 0 spiro atoms. The molecule has 0 aliphatic rings. The molecule has 0 atom stereocenters. The molecule has 0 aliphatic carbocycles. The van der Waals surface area contributed by atoms with Crippen molar-refractivity contribution in [1.82, 2.24) is 0 Å². The molecule has 9 heteroatoms. The maximum absolute atomic E-state index is 8.55. The maximum atomic E-state index is 8.55. The number of hydrogen-bond donors (Lipinski definition) is 0. The van der Waals surface area contributed by atoms with E-state index in [1.54, 1.807) is 0 Å². The van der Waals surface area contributed by atoms with Gasteiger partial charge >= 0.3 is 88.7 Å². The first-order valence-electron chi connectivity index (χ1n) is 2.02. The first-order valence-corrected chi connectivity index (χ1v) is 3.48. The van der Waals surface area contributed by atoms with Gasteiger partial charge in [-0.1, -0.05) is 13.2 Å². The van der Waals surface area contributed by atoms with Crippen molar-refractivity contribution in [2.75, 3.05) is 0 Å². The Hall–Kier alpha value is 2.39. The molecule has 0 heterocycles. The molecule has 13 heavy (non-hydrogen) atoms. The van der Waals surface area contributed by atoms with E-state index in [4.69, 9.17) is 19.2 Å². The Bertz CT molecular complexity index is 132. The summed E-state index contributed by atoms with van der Waals surface area (Å²) in [5, 5.41) is 0. The van der Waals surface area contributed by atoms with Crippen LogP contribution >= 0.6 is 7.82 Å². The zero-order valence-corrected chi connectivity index (χ0v) is 15.0. The van der Waals surface area contributed by atoms with Crippen LogP contribution in [0.2, 0.25) is 0 Å². The zero-order chi connectivity index (χ0) is 8.62. The molecule has 0 amide bonds. The van der Waals surface area contributed by atoms with Crippen molar-refractivity contribution in [3.8, 4) is 0 Å². The van der Waals surface area contributed by atoms with Crippen molar-refractivity contribution in [3.63, 3.8) is 0 Å². The van der Waals surface area contributed by atoms with E-state index in [0.29, 0.717) is 0 Å². The molecule has 0 saturated carbocycles. The molecule has 0 N–H and O–H groups in total. The van der Waals surface area contributed by atoms with Gasteiger partial charge in [-0.15, -0.1) is 0 Å². The van der Waals surface area contributed by atoms with E-state index < -0.39 is 7.82 Å². The molecule has 0 unspecified atom stereocenters. The molecular weight excluding hydrogens is 228 g/mol. The van der Waals surface area contributed by atoms with Crippen LogP contribution < -0.4 is 103 Å². The second-order valence-corrected chi connectivity index (χ2v) is 1.81. The molecule has 0 radical (unpaired) electrons. The normalized spacial score (nSPS) is 6.69. The number of ether oxygens (including phenoxy) is 1. The predicted molar refractivity (Wildman–Crippen MR) is 29.1 cm³/mol. The van der Waals surface area contributed by atoms with E-state index in [0.717, 1.165) is 0 Å². The van der Waals surface area contributed by atoms with Crippen molar-refractivity contribution in [1.29, 1.82) is 0 Å². The quantitative estimate of drug-likeness (QED) is 0.268. The Kier molecular flexibility index (Phi) is 45.2. The third kappa shape index (κ3) is 115. The first kappa shape index (κ1) is 29.5. The van der Waals surface area contributed by atoms with Gasteiger partial charge in [0.15, 0.2) is 0 Å². The second-order valence-electron chi connectivity index (χ2n) is 0.917. The molecule has 5 nitrogen and oxygen atoms in total. The van der Waals surface area contributed by atoms with Gasteiger partial charge in [-0.2, -0.15) is 7.82 Å². The van der Waals surface area contributed by atoms with Gasteiger partial charge in [0.2, 0.25) is 0 Å². The summed E-state index contributed by atoms with van der Waals surface area (Å²) >= 11 is 0. The third-order valence-corrected chi connectivity index (χ3v) is 0.192. The molecular formula is C4H6Na3O5P. The van der Waals surface area contributed by atoms with Crippen LogP contribution in [0.15, 0.2) is 25.7 Å². The summed E-state index contributed by atoms with van der Waals surface area (Å²) in [5.41, 5.74) is 0. The molecule has 60 valence electrons. The van der Waals surface area contributed by atoms with Gasteiger partial charge in [-0.25, -0.2) is 0 Å². The maximum Gasteiger partial charge on any atom is 1.00 e. The number of rotatable bonds is 2. The average Bonchev–Trinajstić information content (AvgIpc) is 1.63. The van der Waals surface area contributed by atoms with Crippen LogP contribution in [0.3, 0.4) is 0 Å². The molecule has 0 aliphatic heterocycles. The van der Waals surface area contributed by atoms with Crippen molar-refractivity contribution >= 4 is 7.82 Å². The SMILES string of the molecule is C=COC=C.O=P([O-])([O-])[O-].[Na+].[Na+].[Na+]. The average molecular weight is 234 g/mol. The minimum Gasteiger partial charge on any atom is -0.822 e. The molecule has 0 aromatic rings. The summed E-state index contributed by atoms with van der Waals surface area (Å²) in [5.74, 6) is 0. The summed E-state index contributed by atoms with van der Waals surface area (Å²) in [6.07, 6.45) is 2.62. The van der Waals surface area contributed by atoms with Crippen LogP contribution in [0.5, 0.6) is 0 Å². The molecule has 0 saturated heterocycles. The van der Waals surface area contributed by atoms with Gasteiger partial charge in [-0.3, -0.25) is 0 Å². The van der Waals surface area contributed by atoms with Gasteiger partial charge in [0.25, 0.3) is 0 Å². The van der Waals surface area contributed by atoms with E-state index in [-0.39, 0.29) is 88.7 Å². The Morgan fingerprint density at radius 3 is 1.15 bits per heavy atom. The van der Waals surface area contributed by atoms with Gasteiger partial charge in [0.1, 0.15) is 0 Å². The third-order valence-electron chi connectivity index (χ3n) is 0.192. The van der Waals surface area contributed by atoms with E-state index in [2.05, 4.69) is 17.9 Å². The summed E-state index contributed by atoms with van der Waals surface area (Å²) in [7, 11) is -5.39. The Labute approximate surface area is 144 Å². The smallest absolute Gasteiger partial charge is 0.822 e. The Morgan fingerprint density at radius 2 is 1.15 bits per heavy atom. The molecule has 0 rings (SSSR count). The van der Waals surface area contributed by atoms with Crippen LogP contribution in [-0.4, -0.2) is 0 Å². The fraction of sp³-hybridized carbons (Fsp3) is 0. The van der Waals surface area contributed by atoms with Gasteiger partial charge in [-0.05, 0) is 0 Å². The Morgan fingerprint density at radius 1 is 1.00 bits per heavy atom. The predicted octanol–water partition coefficient (Wildman–Crippen LogP) is -10.5. The standard InChI is InChI=1S/C4H6O.3Na.H3O4P/c1-3-5-4-2;;;;1-5(2,3)4/h3-4H,1-2H2;;;;(H3,1,2,3,4)/q;3*+1;/p-3. The first-order chi connectivity index (χ1) is 4.41. The monoisotopic (exact) mass is 234 g/mol. The molecule has 0 fully saturated rings. The van der Waals surface area contributed by atoms with Gasteiger partial charge < -0.3 is 24.0 Å². The van der Waals surface area contributed by atoms with Gasteiger partial charge in [0.05, 0.1) is 12.5 Å². The van der Waals surface area contributed by atoms with Crippen molar-refractivity contribution in [3.05, 3.63) is 25.7 Å². The summed E-state index contributed by atoms with van der Waals surface area (Å²) in [6.45, 7) is 6.51. The summed E-state index contributed by atoms with van der Waals surface area (Å²) < 4.78 is 12.9. The van der Waals surface area contributed by atoms with Crippen LogP contribution in [0, 0.1) is 0 Å². The molecule has 0 aromatic heterocycles. The fourth-order valence-corrected chi connectivity index (χ4v) is 0.0680. The van der Waals surface area contributed by atoms with Crippen LogP contribution in [0.25, 0.3) is 0 Å². The molecule has 0 bridgehead atoms. The van der Waals surface area contributed by atoms with Crippen molar-refractivity contribution < 1.29 is 113 Å². The zero-order valence-electron chi connectivity index (χ0n) is 8.06. The van der Waals surface area contributed by atoms with Crippen LogP contribution in [0.4, 0.5) is 0 Å². The minimum atomic E-state index is -5.39. The summed E-state index contributed by atoms with van der Waals surface area (Å²) in [4.78, 5) is 25.6. The van der Waals surface area contributed by atoms with Crippen molar-refractivity contribution in [2.24, 2.45) is 0 Å². The van der Waals surface area contributed by atoms with E-state index in [1.165, 1.54) is 12.5 Å². The number of hydrogen-bond acceptors (Lipinski definition) is 5. The topological polar surface area (TPSA) is 95.5 Å². The van der Waals surface area contributed by atoms with Gasteiger partial charge in [0, 0.05) is 0 Å². The van der Waals surface area contributed by atoms with E-state index in [1.807, 2.05) is 0 Å². The van der Waals surface area contributed by atoms with Crippen molar-refractivity contribution in [2.45, 2.75) is 0 Å².